The molecule has 3 heterocycles. The highest BCUT2D eigenvalue weighted by atomic mass is 16.5. The topological polar surface area (TPSA) is 59.1 Å². The summed E-state index contributed by atoms with van der Waals surface area (Å²) in [6.07, 6.45) is 2.24. The number of carbonyl (C=O) groups excluding carboxylic acids is 2. The molecule has 2 amide bonds. The molecule has 3 saturated heterocycles. The molecule has 0 radical (unpaired) electrons. The summed E-state index contributed by atoms with van der Waals surface area (Å²) in [5.74, 6) is 0.859. The van der Waals surface area contributed by atoms with E-state index in [0.29, 0.717) is 26.0 Å². The largest absolute Gasteiger partial charge is 0.496 e. The van der Waals surface area contributed by atoms with E-state index in [9.17, 15) is 9.59 Å². The Bertz CT molecular complexity index is 677. The van der Waals surface area contributed by atoms with Crippen molar-refractivity contribution in [2.45, 2.75) is 37.5 Å². The van der Waals surface area contributed by atoms with Crippen molar-refractivity contribution in [2.75, 3.05) is 26.8 Å². The number of nitrogens with zero attached hydrogens (tertiary/aromatic N) is 2. The van der Waals surface area contributed by atoms with Crippen LogP contribution in [0.5, 0.6) is 5.75 Å². The van der Waals surface area contributed by atoms with E-state index in [1.165, 1.54) is 0 Å². The Balaban J connectivity index is 1.55. The zero-order valence-electron chi connectivity index (χ0n) is 13.9. The first-order valence-electron chi connectivity index (χ1n) is 8.51. The third-order valence-electron chi connectivity index (χ3n) is 5.47. The summed E-state index contributed by atoms with van der Waals surface area (Å²) in [4.78, 5) is 28.9. The fourth-order valence-corrected chi connectivity index (χ4v) is 4.36. The molecule has 3 fully saturated rings. The lowest BCUT2D eigenvalue weighted by molar-refractivity contribution is -0.181. The Morgan fingerprint density at radius 2 is 2.21 bits per heavy atom. The van der Waals surface area contributed by atoms with E-state index < -0.39 is 5.72 Å². The number of carbonyl (C=O) groups is 2. The van der Waals surface area contributed by atoms with Crippen molar-refractivity contribution in [3.63, 3.8) is 0 Å². The second-order valence-corrected chi connectivity index (χ2v) is 6.64. The average molecular weight is 330 g/mol. The van der Waals surface area contributed by atoms with Crippen LogP contribution in [0.3, 0.4) is 0 Å². The maximum atomic E-state index is 12.9. The van der Waals surface area contributed by atoms with E-state index >= 15 is 0 Å². The summed E-state index contributed by atoms with van der Waals surface area (Å²) in [5.41, 5.74) is 0.294. The number of ether oxygens (including phenoxy) is 2. The summed E-state index contributed by atoms with van der Waals surface area (Å²) in [6.45, 7) is 2.04. The van der Waals surface area contributed by atoms with Gasteiger partial charge >= 0.3 is 0 Å². The molecule has 6 nitrogen and oxygen atoms in total. The molecule has 0 aliphatic carbocycles. The van der Waals surface area contributed by atoms with E-state index in [2.05, 4.69) is 0 Å². The molecule has 0 bridgehead atoms. The van der Waals surface area contributed by atoms with Crippen LogP contribution >= 0.6 is 0 Å². The molecule has 24 heavy (non-hydrogen) atoms. The van der Waals surface area contributed by atoms with Crippen LogP contribution in [0.1, 0.15) is 24.8 Å². The van der Waals surface area contributed by atoms with Crippen molar-refractivity contribution in [2.24, 2.45) is 0 Å². The minimum absolute atomic E-state index is 0.0326. The number of likely N-dealkylation sites (tertiary alicyclic amines) is 1. The predicted octanol–water partition coefficient (Wildman–Crippen LogP) is 1.19. The number of benzene rings is 1. The zero-order chi connectivity index (χ0) is 16.7. The minimum atomic E-state index is -0.578. The molecule has 0 N–H and O–H groups in total. The van der Waals surface area contributed by atoms with Gasteiger partial charge in [-0.25, -0.2) is 0 Å². The van der Waals surface area contributed by atoms with Crippen molar-refractivity contribution >= 4 is 11.8 Å². The van der Waals surface area contributed by atoms with Gasteiger partial charge in [0.05, 0.1) is 32.6 Å². The van der Waals surface area contributed by atoms with Crippen LogP contribution in [0.25, 0.3) is 0 Å². The van der Waals surface area contributed by atoms with Crippen LogP contribution in [-0.2, 0) is 20.7 Å². The van der Waals surface area contributed by atoms with Gasteiger partial charge in [0.15, 0.2) is 5.72 Å². The molecule has 3 aliphatic heterocycles. The molecular formula is C18H22N2O4. The van der Waals surface area contributed by atoms with Crippen molar-refractivity contribution in [3.05, 3.63) is 29.8 Å². The molecule has 0 saturated carbocycles. The van der Waals surface area contributed by atoms with Gasteiger partial charge in [0, 0.05) is 25.1 Å². The van der Waals surface area contributed by atoms with Gasteiger partial charge in [0.25, 0.3) is 0 Å². The lowest BCUT2D eigenvalue weighted by atomic mass is 10.0. The lowest BCUT2D eigenvalue weighted by Crippen LogP contribution is -2.56. The monoisotopic (exact) mass is 330 g/mol. The van der Waals surface area contributed by atoms with Gasteiger partial charge in [-0.05, 0) is 12.5 Å². The van der Waals surface area contributed by atoms with E-state index in [-0.39, 0.29) is 24.3 Å². The highest BCUT2D eigenvalue weighted by molar-refractivity contribution is 5.85. The van der Waals surface area contributed by atoms with Crippen LogP contribution in [-0.4, -0.2) is 60.2 Å². The molecule has 2 atom stereocenters. The quantitative estimate of drug-likeness (QED) is 0.835. The Morgan fingerprint density at radius 3 is 3.04 bits per heavy atom. The molecule has 128 valence electrons. The summed E-state index contributed by atoms with van der Waals surface area (Å²) < 4.78 is 11.4. The number of rotatable bonds is 3. The summed E-state index contributed by atoms with van der Waals surface area (Å²) in [6, 6.07) is 7.40. The van der Waals surface area contributed by atoms with Gasteiger partial charge in [0.1, 0.15) is 5.75 Å². The number of hydrogen-bond acceptors (Lipinski definition) is 4. The third-order valence-corrected chi connectivity index (χ3v) is 5.47. The molecule has 0 unspecified atom stereocenters. The van der Waals surface area contributed by atoms with Crippen molar-refractivity contribution in [1.82, 2.24) is 9.80 Å². The Labute approximate surface area is 141 Å². The van der Waals surface area contributed by atoms with Crippen LogP contribution < -0.4 is 4.74 Å². The molecule has 0 aromatic heterocycles. The van der Waals surface area contributed by atoms with E-state index in [1.807, 2.05) is 34.1 Å². The normalized spacial score (nSPS) is 28.7. The first-order valence-corrected chi connectivity index (χ1v) is 8.51. The third kappa shape index (κ3) is 2.20. The van der Waals surface area contributed by atoms with Gasteiger partial charge < -0.3 is 19.3 Å². The van der Waals surface area contributed by atoms with Crippen molar-refractivity contribution in [3.8, 4) is 5.75 Å². The summed E-state index contributed by atoms with van der Waals surface area (Å²) in [7, 11) is 1.61. The Kier molecular flexibility index (Phi) is 3.72. The average Bonchev–Trinajstić information content (AvgIpc) is 3.07. The van der Waals surface area contributed by atoms with Crippen molar-refractivity contribution < 1.29 is 19.1 Å². The second-order valence-electron chi connectivity index (χ2n) is 6.64. The Hall–Kier alpha value is -2.08. The van der Waals surface area contributed by atoms with Crippen LogP contribution in [0.2, 0.25) is 0 Å². The fraction of sp³-hybridized carbons (Fsp3) is 0.556. The van der Waals surface area contributed by atoms with E-state index in [0.717, 1.165) is 24.3 Å². The predicted molar refractivity (Wildman–Crippen MR) is 86.4 cm³/mol. The lowest BCUT2D eigenvalue weighted by Gasteiger charge is -2.42. The van der Waals surface area contributed by atoms with Crippen LogP contribution in [0.15, 0.2) is 24.3 Å². The maximum Gasteiger partial charge on any atom is 0.227 e. The molecule has 1 aromatic rings. The number of para-hydroxylation sites is 1. The van der Waals surface area contributed by atoms with Crippen molar-refractivity contribution in [1.29, 1.82) is 0 Å². The van der Waals surface area contributed by atoms with E-state index in [4.69, 9.17) is 9.47 Å². The van der Waals surface area contributed by atoms with Crippen LogP contribution in [0, 0.1) is 0 Å². The van der Waals surface area contributed by atoms with Gasteiger partial charge in [-0.15, -0.1) is 0 Å². The Morgan fingerprint density at radius 1 is 1.38 bits per heavy atom. The highest BCUT2D eigenvalue weighted by Crippen LogP contribution is 2.45. The summed E-state index contributed by atoms with van der Waals surface area (Å²) >= 11 is 0. The first-order chi connectivity index (χ1) is 11.7. The van der Waals surface area contributed by atoms with Gasteiger partial charge in [-0.3, -0.25) is 9.59 Å². The van der Waals surface area contributed by atoms with Crippen LogP contribution in [0.4, 0.5) is 0 Å². The highest BCUT2D eigenvalue weighted by Gasteiger charge is 2.61. The molecular weight excluding hydrogens is 308 g/mol. The maximum absolute atomic E-state index is 12.9. The standard InChI is InChI=1S/C18H22N2O4/c1-23-14-6-3-2-5-13(14)11-16(21)19-9-7-18-15(19)12-17(22)20(18)8-4-10-24-18/h2-3,5-6,15H,4,7-12H2,1H3/t15-,18+/m1/s1. The molecule has 6 heteroatoms. The SMILES string of the molecule is COc1ccccc1CC(=O)N1CC[C@@]23OCCCN2C(=O)C[C@@H]13. The van der Waals surface area contributed by atoms with Gasteiger partial charge in [-0.2, -0.15) is 0 Å². The zero-order valence-corrected chi connectivity index (χ0v) is 13.9. The first kappa shape index (κ1) is 15.4. The number of methoxy groups -OCH3 is 1. The van der Waals surface area contributed by atoms with Gasteiger partial charge in [-0.1, -0.05) is 18.2 Å². The van der Waals surface area contributed by atoms with Gasteiger partial charge in [0.2, 0.25) is 11.8 Å². The number of hydrogen-bond donors (Lipinski definition) is 0. The summed E-state index contributed by atoms with van der Waals surface area (Å²) in [5, 5.41) is 0. The minimum Gasteiger partial charge on any atom is -0.496 e. The number of amides is 2. The fourth-order valence-electron chi connectivity index (χ4n) is 4.36. The molecule has 1 spiro atoms. The second kappa shape index (κ2) is 5.77. The van der Waals surface area contributed by atoms with E-state index in [1.54, 1.807) is 7.11 Å². The molecule has 3 aliphatic rings. The molecule has 4 rings (SSSR count). The smallest absolute Gasteiger partial charge is 0.227 e. The molecule has 1 aromatic carbocycles.